The molecule has 0 fully saturated rings. The van der Waals surface area contributed by atoms with Gasteiger partial charge in [-0.2, -0.15) is 0 Å². The van der Waals surface area contributed by atoms with Gasteiger partial charge < -0.3 is 10.0 Å². The molecule has 0 spiro atoms. The van der Waals surface area contributed by atoms with E-state index in [2.05, 4.69) is 0 Å². The van der Waals surface area contributed by atoms with E-state index < -0.39 is 6.23 Å². The van der Waals surface area contributed by atoms with E-state index in [1.54, 1.807) is 13.0 Å². The van der Waals surface area contributed by atoms with Crippen LogP contribution < -0.4 is 0 Å². The average molecular weight is 155 g/mol. The van der Waals surface area contributed by atoms with E-state index in [9.17, 15) is 9.90 Å². The predicted molar refractivity (Wildman–Crippen MR) is 41.7 cm³/mol. The van der Waals surface area contributed by atoms with Crippen LogP contribution in [0.2, 0.25) is 0 Å². The molecule has 62 valence electrons. The number of rotatable bonds is 1. The van der Waals surface area contributed by atoms with Gasteiger partial charge in [0.25, 0.3) is 5.91 Å². The number of nitrogens with zero attached hydrogens (tertiary/aromatic N) is 1. The maximum atomic E-state index is 11.3. The second kappa shape index (κ2) is 2.66. The highest BCUT2D eigenvalue weighted by Gasteiger charge is 2.29. The molecule has 1 N–H and O–H groups in total. The van der Waals surface area contributed by atoms with Crippen LogP contribution in [0.3, 0.4) is 0 Å². The Hall–Kier alpha value is -0.830. The Balaban J connectivity index is 2.81. The molecule has 0 aliphatic carbocycles. The Morgan fingerprint density at radius 3 is 2.36 bits per heavy atom. The summed E-state index contributed by atoms with van der Waals surface area (Å²) in [6, 6.07) is 0.0613. The highest BCUT2D eigenvalue weighted by atomic mass is 16.3. The van der Waals surface area contributed by atoms with Gasteiger partial charge >= 0.3 is 0 Å². The van der Waals surface area contributed by atoms with Gasteiger partial charge in [0.2, 0.25) is 0 Å². The van der Waals surface area contributed by atoms with E-state index >= 15 is 0 Å². The summed E-state index contributed by atoms with van der Waals surface area (Å²) in [7, 11) is 0. The zero-order valence-electron chi connectivity index (χ0n) is 7.03. The van der Waals surface area contributed by atoms with Gasteiger partial charge in [0, 0.05) is 11.6 Å². The molecule has 1 atom stereocenters. The molecule has 0 aromatic rings. The fourth-order valence-corrected chi connectivity index (χ4v) is 1.24. The molecule has 1 rings (SSSR count). The lowest BCUT2D eigenvalue weighted by atomic mass is 10.3. The minimum Gasteiger partial charge on any atom is -0.370 e. The molecule has 1 heterocycles. The highest BCUT2D eigenvalue weighted by Crippen LogP contribution is 2.17. The molecular formula is C8H13NO2. The van der Waals surface area contributed by atoms with Crippen LogP contribution in [0.1, 0.15) is 20.8 Å². The van der Waals surface area contributed by atoms with Crippen molar-refractivity contribution in [2.24, 2.45) is 0 Å². The van der Waals surface area contributed by atoms with E-state index in [0.717, 1.165) is 0 Å². The fraction of sp³-hybridized carbons (Fsp3) is 0.625. The number of hydrogen-bond acceptors (Lipinski definition) is 2. The van der Waals surface area contributed by atoms with Gasteiger partial charge in [-0.15, -0.1) is 0 Å². The number of hydrogen-bond donors (Lipinski definition) is 1. The molecule has 11 heavy (non-hydrogen) atoms. The molecule has 0 aromatic heterocycles. The molecule has 1 amide bonds. The first kappa shape index (κ1) is 8.27. The van der Waals surface area contributed by atoms with Gasteiger partial charge in [0.1, 0.15) is 6.23 Å². The summed E-state index contributed by atoms with van der Waals surface area (Å²) in [6.07, 6.45) is 0.852. The average Bonchev–Trinajstić information content (AvgIpc) is 2.07. The largest absolute Gasteiger partial charge is 0.370 e. The Morgan fingerprint density at radius 1 is 1.64 bits per heavy atom. The summed E-state index contributed by atoms with van der Waals surface area (Å²) in [6.45, 7) is 5.48. The van der Waals surface area contributed by atoms with Gasteiger partial charge in [-0.3, -0.25) is 4.79 Å². The summed E-state index contributed by atoms with van der Waals surface area (Å²) in [5.41, 5.74) is 0.631. The number of carbonyl (C=O) groups is 1. The summed E-state index contributed by atoms with van der Waals surface area (Å²) in [4.78, 5) is 12.7. The van der Waals surface area contributed by atoms with Crippen molar-refractivity contribution in [3.8, 4) is 0 Å². The van der Waals surface area contributed by atoms with Crippen molar-refractivity contribution in [3.63, 3.8) is 0 Å². The minimum atomic E-state index is -0.720. The number of amides is 1. The lowest BCUT2D eigenvalue weighted by Crippen LogP contribution is -2.39. The molecule has 3 nitrogen and oxygen atoms in total. The standard InChI is InChI=1S/C8H13NO2/c1-5(2)9-7(10)4-6(3)8(9)11/h4-5,7,10H,1-3H3. The maximum absolute atomic E-state index is 11.3. The first-order valence-electron chi connectivity index (χ1n) is 3.73. The van der Waals surface area contributed by atoms with E-state index in [-0.39, 0.29) is 11.9 Å². The van der Waals surface area contributed by atoms with Crippen LogP contribution in [0, 0.1) is 0 Å². The minimum absolute atomic E-state index is 0.0613. The monoisotopic (exact) mass is 155 g/mol. The molecule has 0 aromatic carbocycles. The Bertz CT molecular complexity index is 208. The number of aliphatic hydroxyl groups excluding tert-OH is 1. The van der Waals surface area contributed by atoms with Crippen LogP contribution in [0.5, 0.6) is 0 Å². The highest BCUT2D eigenvalue weighted by molar-refractivity contribution is 5.95. The number of carbonyl (C=O) groups excluding carboxylic acids is 1. The third kappa shape index (κ3) is 1.28. The van der Waals surface area contributed by atoms with Gasteiger partial charge in [-0.05, 0) is 26.8 Å². The first-order chi connectivity index (χ1) is 5.04. The SMILES string of the molecule is CC1=CC(O)N(C(C)C)C1=O. The van der Waals surface area contributed by atoms with Crippen LogP contribution in [-0.4, -0.2) is 28.2 Å². The zero-order valence-corrected chi connectivity index (χ0v) is 7.03. The molecule has 3 heteroatoms. The second-order valence-electron chi connectivity index (χ2n) is 3.07. The number of aliphatic hydroxyl groups is 1. The Kier molecular flexibility index (Phi) is 2.00. The quantitative estimate of drug-likeness (QED) is 0.599. The van der Waals surface area contributed by atoms with E-state index in [1.165, 1.54) is 4.90 Å². The van der Waals surface area contributed by atoms with Gasteiger partial charge in [-0.25, -0.2) is 0 Å². The predicted octanol–water partition coefficient (Wildman–Crippen LogP) is 0.502. The van der Waals surface area contributed by atoms with Crippen molar-refractivity contribution in [1.82, 2.24) is 4.90 Å². The van der Waals surface area contributed by atoms with E-state index in [0.29, 0.717) is 5.57 Å². The van der Waals surface area contributed by atoms with Crippen molar-refractivity contribution in [2.75, 3.05) is 0 Å². The molecular weight excluding hydrogens is 142 g/mol. The summed E-state index contributed by atoms with van der Waals surface area (Å²) in [5, 5.41) is 9.33. The van der Waals surface area contributed by atoms with Crippen molar-refractivity contribution in [2.45, 2.75) is 33.0 Å². The molecule has 0 bridgehead atoms. The van der Waals surface area contributed by atoms with Crippen molar-refractivity contribution < 1.29 is 9.90 Å². The van der Waals surface area contributed by atoms with E-state index in [1.807, 2.05) is 13.8 Å². The molecule has 0 saturated carbocycles. The molecule has 0 radical (unpaired) electrons. The lowest BCUT2D eigenvalue weighted by Gasteiger charge is -2.24. The summed E-state index contributed by atoms with van der Waals surface area (Å²) < 4.78 is 0. The molecule has 1 aliphatic rings. The lowest BCUT2D eigenvalue weighted by molar-refractivity contribution is -0.133. The van der Waals surface area contributed by atoms with Gasteiger partial charge in [0.15, 0.2) is 0 Å². The fourth-order valence-electron chi connectivity index (χ4n) is 1.24. The van der Waals surface area contributed by atoms with Gasteiger partial charge in [0.05, 0.1) is 0 Å². The summed E-state index contributed by atoms with van der Waals surface area (Å²) >= 11 is 0. The van der Waals surface area contributed by atoms with Crippen LogP contribution in [0.15, 0.2) is 11.6 Å². The normalized spacial score (nSPS) is 24.8. The van der Waals surface area contributed by atoms with Crippen molar-refractivity contribution in [1.29, 1.82) is 0 Å². The first-order valence-corrected chi connectivity index (χ1v) is 3.73. The smallest absolute Gasteiger partial charge is 0.251 e. The summed E-state index contributed by atoms with van der Waals surface area (Å²) in [5.74, 6) is -0.0625. The topological polar surface area (TPSA) is 40.5 Å². The van der Waals surface area contributed by atoms with Crippen molar-refractivity contribution >= 4 is 5.91 Å². The Labute approximate surface area is 66.3 Å². The van der Waals surface area contributed by atoms with Crippen molar-refractivity contribution in [3.05, 3.63) is 11.6 Å². The van der Waals surface area contributed by atoms with Crippen LogP contribution in [0.25, 0.3) is 0 Å². The van der Waals surface area contributed by atoms with Gasteiger partial charge in [-0.1, -0.05) is 0 Å². The molecule has 1 aliphatic heterocycles. The van der Waals surface area contributed by atoms with Crippen LogP contribution in [-0.2, 0) is 4.79 Å². The maximum Gasteiger partial charge on any atom is 0.251 e. The Morgan fingerprint density at radius 2 is 2.18 bits per heavy atom. The zero-order chi connectivity index (χ0) is 8.59. The third-order valence-corrected chi connectivity index (χ3v) is 1.81. The molecule has 1 unspecified atom stereocenters. The third-order valence-electron chi connectivity index (χ3n) is 1.81. The second-order valence-corrected chi connectivity index (χ2v) is 3.07. The molecule has 0 saturated heterocycles. The van der Waals surface area contributed by atoms with Crippen LogP contribution >= 0.6 is 0 Å². The van der Waals surface area contributed by atoms with E-state index in [4.69, 9.17) is 0 Å². The van der Waals surface area contributed by atoms with Crippen LogP contribution in [0.4, 0.5) is 0 Å².